The number of alkyl halides is 3. The van der Waals surface area contributed by atoms with E-state index in [0.29, 0.717) is 17.4 Å². The summed E-state index contributed by atoms with van der Waals surface area (Å²) in [7, 11) is 0. The lowest BCUT2D eigenvalue weighted by Gasteiger charge is -2.13. The fraction of sp³-hybridized carbons (Fsp3) is 0.400. The normalized spacial score (nSPS) is 15.0. The molecule has 0 aliphatic heterocycles. The molecule has 1 aliphatic rings. The highest BCUT2D eigenvalue weighted by Gasteiger charge is 2.35. The zero-order valence-electron chi connectivity index (χ0n) is 11.3. The summed E-state index contributed by atoms with van der Waals surface area (Å²) in [6, 6.07) is 3.55. The molecule has 0 fully saturated rings. The van der Waals surface area contributed by atoms with Gasteiger partial charge in [0.15, 0.2) is 0 Å². The van der Waals surface area contributed by atoms with E-state index in [9.17, 15) is 18.0 Å². The molecule has 0 bridgehead atoms. The molecular weight excluding hydrogens is 347 g/mol. The second-order valence-corrected chi connectivity index (χ2v) is 5.86. The molecule has 2 nitrogen and oxygen atoms in total. The Morgan fingerprint density at radius 2 is 2.10 bits per heavy atom. The van der Waals surface area contributed by atoms with E-state index >= 15 is 0 Å². The first-order chi connectivity index (χ1) is 9.88. The third-order valence-corrected chi connectivity index (χ3v) is 3.89. The zero-order valence-corrected chi connectivity index (χ0v) is 12.9. The molecule has 21 heavy (non-hydrogen) atoms. The van der Waals surface area contributed by atoms with Gasteiger partial charge in [-0.25, -0.2) is 0 Å². The Hall–Kier alpha value is -1.30. The molecule has 0 spiro atoms. The van der Waals surface area contributed by atoms with Gasteiger partial charge in [0.25, 0.3) is 5.91 Å². The summed E-state index contributed by atoms with van der Waals surface area (Å²) in [6.45, 7) is 0.359. The Balaban J connectivity index is 2.04. The summed E-state index contributed by atoms with van der Waals surface area (Å²) < 4.78 is 39.1. The summed E-state index contributed by atoms with van der Waals surface area (Å²) in [5, 5.41) is 2.56. The monoisotopic (exact) mass is 361 g/mol. The maximum atomic E-state index is 12.9. The van der Waals surface area contributed by atoms with Crippen molar-refractivity contribution in [3.8, 4) is 0 Å². The van der Waals surface area contributed by atoms with Crippen molar-refractivity contribution in [2.75, 3.05) is 6.54 Å². The van der Waals surface area contributed by atoms with Crippen LogP contribution in [0.4, 0.5) is 13.2 Å². The SMILES string of the molecule is O=C(NCCC1=CCCC1)c1ccc(Br)cc1C(F)(F)F. The van der Waals surface area contributed by atoms with Crippen molar-refractivity contribution in [1.29, 1.82) is 0 Å². The Labute approximate surface area is 129 Å². The fourth-order valence-electron chi connectivity index (χ4n) is 2.35. The molecule has 0 heterocycles. The largest absolute Gasteiger partial charge is 0.417 e. The van der Waals surface area contributed by atoms with E-state index in [-0.39, 0.29) is 5.56 Å². The second-order valence-electron chi connectivity index (χ2n) is 4.95. The first-order valence-electron chi connectivity index (χ1n) is 6.71. The van der Waals surface area contributed by atoms with Crippen molar-refractivity contribution in [1.82, 2.24) is 5.32 Å². The van der Waals surface area contributed by atoms with Crippen molar-refractivity contribution in [3.05, 3.63) is 45.4 Å². The van der Waals surface area contributed by atoms with Crippen molar-refractivity contribution in [2.45, 2.75) is 31.9 Å². The quantitative estimate of drug-likeness (QED) is 0.773. The Bertz CT molecular complexity index is 567. The van der Waals surface area contributed by atoms with Gasteiger partial charge >= 0.3 is 6.18 Å². The van der Waals surface area contributed by atoms with Crippen LogP contribution in [0.5, 0.6) is 0 Å². The maximum Gasteiger partial charge on any atom is 0.417 e. The smallest absolute Gasteiger partial charge is 0.352 e. The lowest BCUT2D eigenvalue weighted by Crippen LogP contribution is -2.27. The fourth-order valence-corrected chi connectivity index (χ4v) is 2.71. The molecule has 0 radical (unpaired) electrons. The Morgan fingerprint density at radius 1 is 1.33 bits per heavy atom. The minimum absolute atomic E-state index is 0.294. The topological polar surface area (TPSA) is 29.1 Å². The van der Waals surface area contributed by atoms with Crippen LogP contribution in [0, 0.1) is 0 Å². The van der Waals surface area contributed by atoms with Crippen LogP contribution in [-0.2, 0) is 6.18 Å². The number of carbonyl (C=O) groups excluding carboxylic acids is 1. The lowest BCUT2D eigenvalue weighted by atomic mass is 10.1. The van der Waals surface area contributed by atoms with Crippen molar-refractivity contribution in [2.24, 2.45) is 0 Å². The highest BCUT2D eigenvalue weighted by Crippen LogP contribution is 2.33. The van der Waals surface area contributed by atoms with Gasteiger partial charge < -0.3 is 5.32 Å². The van der Waals surface area contributed by atoms with Crippen LogP contribution in [0.25, 0.3) is 0 Å². The van der Waals surface area contributed by atoms with Gasteiger partial charge in [-0.3, -0.25) is 4.79 Å². The molecular formula is C15H15BrF3NO. The average molecular weight is 362 g/mol. The number of hydrogen-bond donors (Lipinski definition) is 1. The summed E-state index contributed by atoms with van der Waals surface area (Å²) in [5.41, 5.74) is 0.00251. The van der Waals surface area contributed by atoms with Crippen LogP contribution >= 0.6 is 15.9 Å². The molecule has 1 amide bonds. The third-order valence-electron chi connectivity index (χ3n) is 3.40. The maximum absolute atomic E-state index is 12.9. The van der Waals surface area contributed by atoms with Gasteiger partial charge in [-0.1, -0.05) is 27.6 Å². The number of carbonyl (C=O) groups is 1. The van der Waals surface area contributed by atoms with Gasteiger partial charge in [0.2, 0.25) is 0 Å². The van der Waals surface area contributed by atoms with Crippen molar-refractivity contribution in [3.63, 3.8) is 0 Å². The van der Waals surface area contributed by atoms with E-state index in [1.165, 1.54) is 17.7 Å². The predicted octanol–water partition coefficient (Wildman–Crippen LogP) is 4.70. The van der Waals surface area contributed by atoms with Gasteiger partial charge in [0, 0.05) is 11.0 Å². The minimum Gasteiger partial charge on any atom is -0.352 e. The molecule has 0 saturated carbocycles. The van der Waals surface area contributed by atoms with Gasteiger partial charge in [-0.15, -0.1) is 0 Å². The standard InChI is InChI=1S/C15H15BrF3NO/c16-11-5-6-12(13(9-11)15(17,18)19)14(21)20-8-7-10-3-1-2-4-10/h3,5-6,9H,1-2,4,7-8H2,(H,20,21). The van der Waals surface area contributed by atoms with Crippen LogP contribution < -0.4 is 5.32 Å². The van der Waals surface area contributed by atoms with Gasteiger partial charge in [0.05, 0.1) is 11.1 Å². The number of allylic oxidation sites excluding steroid dienone is 1. The van der Waals surface area contributed by atoms with Crippen LogP contribution in [-0.4, -0.2) is 12.5 Å². The van der Waals surface area contributed by atoms with E-state index in [2.05, 4.69) is 27.3 Å². The predicted molar refractivity (Wildman–Crippen MR) is 78.0 cm³/mol. The molecule has 1 aromatic rings. The number of benzene rings is 1. The van der Waals surface area contributed by atoms with E-state index in [1.807, 2.05) is 0 Å². The van der Waals surface area contributed by atoms with Crippen LogP contribution in [0.1, 0.15) is 41.6 Å². The summed E-state index contributed by atoms with van der Waals surface area (Å²) in [5.74, 6) is -0.687. The van der Waals surface area contributed by atoms with Crippen molar-refractivity contribution >= 4 is 21.8 Å². The summed E-state index contributed by atoms with van der Waals surface area (Å²) in [4.78, 5) is 12.0. The molecule has 0 saturated heterocycles. The Kier molecular flexibility index (Phi) is 5.08. The molecule has 0 atom stereocenters. The summed E-state index contributed by atoms with van der Waals surface area (Å²) in [6.07, 6.45) is 1.46. The number of hydrogen-bond acceptors (Lipinski definition) is 1. The van der Waals surface area contributed by atoms with Gasteiger partial charge in [-0.2, -0.15) is 13.2 Å². The van der Waals surface area contributed by atoms with E-state index in [1.54, 1.807) is 0 Å². The third kappa shape index (κ3) is 4.33. The van der Waals surface area contributed by atoms with Crippen molar-refractivity contribution < 1.29 is 18.0 Å². The van der Waals surface area contributed by atoms with Gasteiger partial charge in [-0.05, 0) is 43.9 Å². The molecule has 6 heteroatoms. The molecule has 1 aliphatic carbocycles. The van der Waals surface area contributed by atoms with E-state index in [0.717, 1.165) is 25.3 Å². The molecule has 2 rings (SSSR count). The molecule has 1 N–H and O–H groups in total. The molecule has 1 aromatic carbocycles. The first-order valence-corrected chi connectivity index (χ1v) is 7.50. The van der Waals surface area contributed by atoms with Crippen LogP contribution in [0.3, 0.4) is 0 Å². The summed E-state index contributed by atoms with van der Waals surface area (Å²) >= 11 is 3.00. The minimum atomic E-state index is -4.55. The number of halogens is 4. The molecule has 0 unspecified atom stereocenters. The number of nitrogens with one attached hydrogen (secondary N) is 1. The van der Waals surface area contributed by atoms with Crippen LogP contribution in [0.15, 0.2) is 34.3 Å². The number of amides is 1. The zero-order chi connectivity index (χ0) is 15.5. The molecule has 0 aromatic heterocycles. The lowest BCUT2D eigenvalue weighted by molar-refractivity contribution is -0.138. The van der Waals surface area contributed by atoms with Gasteiger partial charge in [0.1, 0.15) is 0 Å². The van der Waals surface area contributed by atoms with Crippen LogP contribution in [0.2, 0.25) is 0 Å². The average Bonchev–Trinajstić information content (AvgIpc) is 2.90. The highest BCUT2D eigenvalue weighted by molar-refractivity contribution is 9.10. The first kappa shape index (κ1) is 16.1. The Morgan fingerprint density at radius 3 is 2.71 bits per heavy atom. The van der Waals surface area contributed by atoms with E-state index in [4.69, 9.17) is 0 Å². The second kappa shape index (κ2) is 6.64. The highest BCUT2D eigenvalue weighted by atomic mass is 79.9. The molecule has 114 valence electrons. The van der Waals surface area contributed by atoms with E-state index < -0.39 is 17.6 Å². The number of rotatable bonds is 4.